The minimum Gasteiger partial charge on any atom is -0.406 e. The quantitative estimate of drug-likeness (QED) is 0.475. The normalized spacial score (nSPS) is 11.1. The predicted molar refractivity (Wildman–Crippen MR) is 54.4 cm³/mol. The van der Waals surface area contributed by atoms with Crippen molar-refractivity contribution in [2.45, 2.75) is 19.7 Å². The van der Waals surface area contributed by atoms with Crippen LogP contribution in [0, 0.1) is 10.1 Å². The summed E-state index contributed by atoms with van der Waals surface area (Å²) in [5, 5.41) is 10.6. The number of rotatable bonds is 4. The largest absolute Gasteiger partial charge is 0.573 e. The number of hydrogen-bond donors (Lipinski definition) is 0. The molecule has 0 saturated heterocycles. The molecule has 0 aliphatic heterocycles. The fourth-order valence-corrected chi connectivity index (χ4v) is 1.29. The molecule has 0 heterocycles. The number of carbonyl (C=O) groups excluding carboxylic acids is 1. The number of nitrogens with zero attached hydrogens (tertiary/aromatic N) is 1. The molecule has 0 atom stereocenters. The molecule has 0 bridgehead atoms. The van der Waals surface area contributed by atoms with Crippen molar-refractivity contribution >= 4 is 11.5 Å². The first kappa shape index (κ1) is 13.9. The highest BCUT2D eigenvalue weighted by Gasteiger charge is 2.32. The second-order valence-electron chi connectivity index (χ2n) is 3.26. The Balaban J connectivity index is 3.21. The van der Waals surface area contributed by atoms with Crippen molar-refractivity contribution in [1.29, 1.82) is 0 Å². The van der Waals surface area contributed by atoms with Crippen molar-refractivity contribution in [1.82, 2.24) is 0 Å². The van der Waals surface area contributed by atoms with E-state index >= 15 is 0 Å². The van der Waals surface area contributed by atoms with Gasteiger partial charge in [0.05, 0.1) is 10.5 Å². The van der Waals surface area contributed by atoms with Crippen LogP contribution in [0.15, 0.2) is 18.2 Å². The van der Waals surface area contributed by atoms with E-state index in [1.54, 1.807) is 0 Å². The molecular weight excluding hydrogens is 255 g/mol. The minimum absolute atomic E-state index is 0.0592. The topological polar surface area (TPSA) is 69.4 Å². The van der Waals surface area contributed by atoms with Crippen LogP contribution in [0.5, 0.6) is 5.75 Å². The molecule has 0 amide bonds. The van der Waals surface area contributed by atoms with Gasteiger partial charge in [0.1, 0.15) is 5.75 Å². The fourth-order valence-electron chi connectivity index (χ4n) is 1.29. The number of benzene rings is 1. The zero-order valence-electron chi connectivity index (χ0n) is 9.15. The van der Waals surface area contributed by atoms with Crippen molar-refractivity contribution in [2.75, 3.05) is 0 Å². The minimum atomic E-state index is -4.91. The smallest absolute Gasteiger partial charge is 0.406 e. The van der Waals surface area contributed by atoms with Gasteiger partial charge in [-0.2, -0.15) is 0 Å². The molecule has 18 heavy (non-hydrogen) atoms. The van der Waals surface area contributed by atoms with Gasteiger partial charge in [-0.05, 0) is 12.1 Å². The lowest BCUT2D eigenvalue weighted by molar-refractivity contribution is -0.385. The molecule has 8 heteroatoms. The van der Waals surface area contributed by atoms with Crippen molar-refractivity contribution in [3.63, 3.8) is 0 Å². The van der Waals surface area contributed by atoms with E-state index < -0.39 is 34.1 Å². The van der Waals surface area contributed by atoms with Gasteiger partial charge < -0.3 is 4.74 Å². The van der Waals surface area contributed by atoms with Gasteiger partial charge in [-0.3, -0.25) is 14.9 Å². The summed E-state index contributed by atoms with van der Waals surface area (Å²) in [6.07, 6.45) is -4.97. The molecule has 1 rings (SSSR count). The molecule has 1 aromatic carbocycles. The van der Waals surface area contributed by atoms with Crippen molar-refractivity contribution in [3.8, 4) is 5.75 Å². The molecule has 5 nitrogen and oxygen atoms in total. The van der Waals surface area contributed by atoms with E-state index in [1.807, 2.05) is 0 Å². The summed E-state index contributed by atoms with van der Waals surface area (Å²) in [4.78, 5) is 21.2. The van der Waals surface area contributed by atoms with Crippen LogP contribution in [0.2, 0.25) is 0 Å². The number of nitro benzene ring substituents is 1. The van der Waals surface area contributed by atoms with Crippen LogP contribution in [-0.2, 0) is 0 Å². The standard InChI is InChI=1S/C10H8F3NO4/c1-2-9(15)7-5-6(18-10(11,12)13)3-4-8(7)14(16)17/h3-5H,2H2,1H3. The van der Waals surface area contributed by atoms with Gasteiger partial charge in [0, 0.05) is 12.5 Å². The molecular formula is C10H8F3NO4. The van der Waals surface area contributed by atoms with Crippen LogP contribution in [0.25, 0.3) is 0 Å². The molecule has 0 aliphatic rings. The Labute approximate surface area is 99.3 Å². The van der Waals surface area contributed by atoms with Crippen LogP contribution in [-0.4, -0.2) is 17.1 Å². The SMILES string of the molecule is CCC(=O)c1cc(OC(F)(F)F)ccc1[N+](=O)[O-]. The monoisotopic (exact) mass is 263 g/mol. The first-order valence-corrected chi connectivity index (χ1v) is 4.82. The molecule has 0 N–H and O–H groups in total. The lowest BCUT2D eigenvalue weighted by Crippen LogP contribution is -2.17. The third-order valence-electron chi connectivity index (χ3n) is 2.02. The summed E-state index contributed by atoms with van der Waals surface area (Å²) in [6, 6.07) is 2.32. The van der Waals surface area contributed by atoms with E-state index in [0.29, 0.717) is 0 Å². The number of alkyl halides is 3. The Hall–Kier alpha value is -2.12. The summed E-state index contributed by atoms with van der Waals surface area (Å²) < 4.78 is 39.5. The van der Waals surface area contributed by atoms with Gasteiger partial charge >= 0.3 is 6.36 Å². The van der Waals surface area contributed by atoms with E-state index in [9.17, 15) is 28.1 Å². The highest BCUT2D eigenvalue weighted by Crippen LogP contribution is 2.29. The average Bonchev–Trinajstić information content (AvgIpc) is 2.25. The van der Waals surface area contributed by atoms with Gasteiger partial charge in [-0.1, -0.05) is 6.92 Å². The van der Waals surface area contributed by atoms with E-state index in [0.717, 1.165) is 18.2 Å². The number of halogens is 3. The Morgan fingerprint density at radius 2 is 2.06 bits per heavy atom. The average molecular weight is 263 g/mol. The Morgan fingerprint density at radius 1 is 1.44 bits per heavy atom. The lowest BCUT2D eigenvalue weighted by atomic mass is 10.1. The van der Waals surface area contributed by atoms with Crippen molar-refractivity contribution < 1.29 is 27.6 Å². The molecule has 0 unspecified atom stereocenters. The summed E-state index contributed by atoms with van der Waals surface area (Å²) in [6.45, 7) is 1.45. The highest BCUT2D eigenvalue weighted by molar-refractivity contribution is 6.00. The predicted octanol–water partition coefficient (Wildman–Crippen LogP) is 3.09. The second-order valence-corrected chi connectivity index (χ2v) is 3.26. The maximum Gasteiger partial charge on any atom is 0.573 e. The van der Waals surface area contributed by atoms with Crippen molar-refractivity contribution in [2.24, 2.45) is 0 Å². The molecule has 0 saturated carbocycles. The van der Waals surface area contributed by atoms with E-state index in [2.05, 4.69) is 4.74 Å². The Bertz CT molecular complexity index is 485. The second kappa shape index (κ2) is 5.03. The zero-order chi connectivity index (χ0) is 13.9. The van der Waals surface area contributed by atoms with Crippen LogP contribution in [0.3, 0.4) is 0 Å². The van der Waals surface area contributed by atoms with Crippen molar-refractivity contribution in [3.05, 3.63) is 33.9 Å². The molecule has 0 fully saturated rings. The number of nitro groups is 1. The molecule has 0 aliphatic carbocycles. The van der Waals surface area contributed by atoms with Gasteiger partial charge in [0.25, 0.3) is 5.69 Å². The maximum absolute atomic E-state index is 12.0. The number of ether oxygens (including phenoxy) is 1. The third-order valence-corrected chi connectivity index (χ3v) is 2.02. The summed E-state index contributed by atoms with van der Waals surface area (Å²) in [5.41, 5.74) is -0.944. The number of ketones is 1. The van der Waals surface area contributed by atoms with Gasteiger partial charge in [0.2, 0.25) is 0 Å². The Morgan fingerprint density at radius 3 is 2.50 bits per heavy atom. The van der Waals surface area contributed by atoms with E-state index in [-0.39, 0.29) is 6.42 Å². The summed E-state index contributed by atoms with van der Waals surface area (Å²) >= 11 is 0. The molecule has 0 aromatic heterocycles. The van der Waals surface area contributed by atoms with Crippen LogP contribution in [0.4, 0.5) is 18.9 Å². The van der Waals surface area contributed by atoms with Crippen LogP contribution < -0.4 is 4.74 Å². The third kappa shape index (κ3) is 3.44. The Kier molecular flexibility index (Phi) is 3.89. The highest BCUT2D eigenvalue weighted by atomic mass is 19.4. The first-order chi connectivity index (χ1) is 8.24. The zero-order valence-corrected chi connectivity index (χ0v) is 9.15. The summed E-state index contributed by atoms with van der Waals surface area (Å²) in [5.74, 6) is -1.29. The molecule has 1 aromatic rings. The molecule has 0 spiro atoms. The van der Waals surface area contributed by atoms with E-state index in [1.165, 1.54) is 6.92 Å². The van der Waals surface area contributed by atoms with E-state index in [4.69, 9.17) is 0 Å². The molecule has 98 valence electrons. The fraction of sp³-hybridized carbons (Fsp3) is 0.300. The number of Topliss-reactive ketones (excluding diaryl/α,β-unsaturated/α-hetero) is 1. The number of carbonyl (C=O) groups is 1. The number of hydrogen-bond acceptors (Lipinski definition) is 4. The molecule has 0 radical (unpaired) electrons. The van der Waals surface area contributed by atoms with Crippen LogP contribution >= 0.6 is 0 Å². The van der Waals surface area contributed by atoms with Gasteiger partial charge in [-0.25, -0.2) is 0 Å². The van der Waals surface area contributed by atoms with Crippen LogP contribution in [0.1, 0.15) is 23.7 Å². The summed E-state index contributed by atoms with van der Waals surface area (Å²) in [7, 11) is 0. The maximum atomic E-state index is 12.0. The van der Waals surface area contributed by atoms with Gasteiger partial charge in [0.15, 0.2) is 5.78 Å². The first-order valence-electron chi connectivity index (χ1n) is 4.82. The lowest BCUT2D eigenvalue weighted by Gasteiger charge is -2.09. The van der Waals surface area contributed by atoms with Gasteiger partial charge in [-0.15, -0.1) is 13.2 Å².